The number of carbonyl (C=O) groups is 1. The Morgan fingerprint density at radius 2 is 2.23 bits per heavy atom. The molecule has 0 bridgehead atoms. The summed E-state index contributed by atoms with van der Waals surface area (Å²) < 4.78 is 7.29. The van der Waals surface area contributed by atoms with Gasteiger partial charge in [-0.05, 0) is 18.6 Å². The van der Waals surface area contributed by atoms with Gasteiger partial charge in [0.1, 0.15) is 6.07 Å². The van der Waals surface area contributed by atoms with E-state index in [9.17, 15) is 4.79 Å². The maximum atomic E-state index is 12.1. The van der Waals surface area contributed by atoms with Gasteiger partial charge in [-0.25, -0.2) is 4.79 Å². The fourth-order valence-corrected chi connectivity index (χ4v) is 2.56. The van der Waals surface area contributed by atoms with Gasteiger partial charge in [-0.15, -0.1) is 0 Å². The van der Waals surface area contributed by atoms with E-state index >= 15 is 0 Å². The highest BCUT2D eigenvalue weighted by molar-refractivity contribution is 5.89. The molecule has 2 unspecified atom stereocenters. The number of hydrogen-bond donors (Lipinski definition) is 1. The summed E-state index contributed by atoms with van der Waals surface area (Å²) in [5, 5.41) is 16.3. The molecule has 0 spiro atoms. The van der Waals surface area contributed by atoms with Gasteiger partial charge < -0.3 is 4.74 Å². The molecule has 2 heterocycles. The lowest BCUT2D eigenvalue weighted by atomic mass is 10.1. The minimum absolute atomic E-state index is 0.122. The molecule has 6 nitrogen and oxygen atoms in total. The van der Waals surface area contributed by atoms with E-state index in [0.717, 1.165) is 13.0 Å². The van der Waals surface area contributed by atoms with Gasteiger partial charge in [-0.1, -0.05) is 18.2 Å². The summed E-state index contributed by atoms with van der Waals surface area (Å²) in [5.41, 5.74) is 1.08. The number of nitrogens with one attached hydrogen (secondary N) is 1. The van der Waals surface area contributed by atoms with Crippen molar-refractivity contribution in [2.24, 2.45) is 0 Å². The van der Waals surface area contributed by atoms with Crippen LogP contribution in [0.2, 0.25) is 0 Å². The van der Waals surface area contributed by atoms with Crippen LogP contribution in [-0.4, -0.2) is 28.5 Å². The number of benzene rings is 1. The number of nitriles is 1. The number of rotatable bonds is 3. The van der Waals surface area contributed by atoms with Gasteiger partial charge in [0, 0.05) is 19.2 Å². The van der Waals surface area contributed by atoms with Crippen molar-refractivity contribution < 1.29 is 9.53 Å². The molecule has 6 heteroatoms. The highest BCUT2D eigenvalue weighted by atomic mass is 16.6. The number of aromatic nitrogens is 2. The predicted molar refractivity (Wildman–Crippen MR) is 78.9 cm³/mol. The molecule has 112 valence electrons. The van der Waals surface area contributed by atoms with E-state index in [4.69, 9.17) is 10.00 Å². The van der Waals surface area contributed by atoms with Crippen LogP contribution in [0, 0.1) is 11.3 Å². The third-order valence-corrected chi connectivity index (χ3v) is 3.70. The first-order valence-electron chi connectivity index (χ1n) is 7.20. The van der Waals surface area contributed by atoms with Crippen LogP contribution in [0.1, 0.15) is 34.8 Å². The molecule has 1 N–H and O–H groups in total. The quantitative estimate of drug-likeness (QED) is 0.874. The van der Waals surface area contributed by atoms with Crippen molar-refractivity contribution >= 4 is 5.97 Å². The Bertz CT molecular complexity index is 690. The third-order valence-electron chi connectivity index (χ3n) is 3.70. The Hall–Kier alpha value is -2.65. The van der Waals surface area contributed by atoms with Crippen LogP contribution in [0.25, 0.3) is 0 Å². The summed E-state index contributed by atoms with van der Waals surface area (Å²) in [4.78, 5) is 12.1. The van der Waals surface area contributed by atoms with Crippen LogP contribution in [0.3, 0.4) is 0 Å². The topological polar surface area (TPSA) is 79.9 Å². The number of hydrogen-bond acceptors (Lipinski definition) is 5. The summed E-state index contributed by atoms with van der Waals surface area (Å²) >= 11 is 0. The number of esters is 1. The van der Waals surface area contributed by atoms with Crippen molar-refractivity contribution in [2.45, 2.75) is 25.1 Å². The highest BCUT2D eigenvalue weighted by Crippen LogP contribution is 2.22. The largest absolute Gasteiger partial charge is 0.443 e. The van der Waals surface area contributed by atoms with Crippen LogP contribution >= 0.6 is 0 Å². The second kappa shape index (κ2) is 6.41. The Labute approximate surface area is 128 Å². The molecule has 1 fully saturated rings. The molecule has 2 aromatic rings. The lowest BCUT2D eigenvalue weighted by Crippen LogP contribution is -2.42. The Kier molecular flexibility index (Phi) is 4.17. The molecule has 1 saturated heterocycles. The van der Waals surface area contributed by atoms with Gasteiger partial charge in [0.2, 0.25) is 0 Å². The zero-order valence-corrected chi connectivity index (χ0v) is 12.0. The van der Waals surface area contributed by atoms with Gasteiger partial charge in [0.25, 0.3) is 0 Å². The van der Waals surface area contributed by atoms with E-state index in [1.54, 1.807) is 41.3 Å². The zero-order valence-electron chi connectivity index (χ0n) is 12.0. The second-order valence-corrected chi connectivity index (χ2v) is 5.21. The summed E-state index contributed by atoms with van der Waals surface area (Å²) in [7, 11) is 0. The zero-order chi connectivity index (χ0) is 15.4. The number of ether oxygens (including phenoxy) is 1. The van der Waals surface area contributed by atoms with Gasteiger partial charge in [-0.3, -0.25) is 10.00 Å². The van der Waals surface area contributed by atoms with Crippen LogP contribution in [0.15, 0.2) is 42.7 Å². The van der Waals surface area contributed by atoms with Gasteiger partial charge >= 0.3 is 5.97 Å². The first-order chi connectivity index (χ1) is 10.8. The van der Waals surface area contributed by atoms with E-state index in [-0.39, 0.29) is 18.2 Å². The van der Waals surface area contributed by atoms with Crippen LogP contribution in [0.5, 0.6) is 0 Å². The summed E-state index contributed by atoms with van der Waals surface area (Å²) in [6.45, 7) is 0.735. The van der Waals surface area contributed by atoms with E-state index in [0.29, 0.717) is 17.5 Å². The van der Waals surface area contributed by atoms with Crippen molar-refractivity contribution in [3.8, 4) is 6.07 Å². The normalized spacial score (nSPS) is 21.0. The fourth-order valence-electron chi connectivity index (χ4n) is 2.56. The van der Waals surface area contributed by atoms with Gasteiger partial charge in [0.05, 0.1) is 23.4 Å². The number of piperidine rings is 1. The van der Waals surface area contributed by atoms with Crippen molar-refractivity contribution in [2.75, 3.05) is 6.54 Å². The summed E-state index contributed by atoms with van der Waals surface area (Å²) in [5.74, 6) is -0.336. The fraction of sp³-hybridized carbons (Fsp3) is 0.312. The smallest absolute Gasteiger partial charge is 0.339 e. The molecule has 1 aliphatic heterocycles. The number of carbonyl (C=O) groups excluding carboxylic acids is 1. The molecule has 1 aromatic heterocycles. The summed E-state index contributed by atoms with van der Waals surface area (Å²) in [6.07, 6.45) is 4.44. The van der Waals surface area contributed by atoms with E-state index in [2.05, 4.69) is 16.5 Å². The van der Waals surface area contributed by atoms with Crippen LogP contribution in [0.4, 0.5) is 0 Å². The van der Waals surface area contributed by atoms with Crippen LogP contribution < -0.4 is 5.32 Å². The SMILES string of the molecule is N#Cc1cnn(C2CCNC(OC(=O)c3ccccc3)C2)c1. The highest BCUT2D eigenvalue weighted by Gasteiger charge is 2.26. The first-order valence-corrected chi connectivity index (χ1v) is 7.20. The van der Waals surface area contributed by atoms with E-state index < -0.39 is 0 Å². The van der Waals surface area contributed by atoms with Gasteiger partial charge in [0.15, 0.2) is 6.23 Å². The standard InChI is InChI=1S/C16H16N4O2/c17-9-12-10-19-20(11-12)14-6-7-18-15(8-14)22-16(21)13-4-2-1-3-5-13/h1-5,10-11,14-15,18H,6-8H2. The Morgan fingerprint density at radius 3 is 2.95 bits per heavy atom. The molecule has 22 heavy (non-hydrogen) atoms. The Morgan fingerprint density at radius 1 is 1.41 bits per heavy atom. The monoisotopic (exact) mass is 296 g/mol. The molecule has 1 aliphatic rings. The third kappa shape index (κ3) is 3.15. The van der Waals surface area contributed by atoms with Crippen molar-refractivity contribution in [1.82, 2.24) is 15.1 Å². The minimum Gasteiger partial charge on any atom is -0.443 e. The molecular formula is C16H16N4O2. The lowest BCUT2D eigenvalue weighted by Gasteiger charge is -2.30. The molecule has 0 saturated carbocycles. The maximum absolute atomic E-state index is 12.1. The van der Waals surface area contributed by atoms with E-state index in [1.807, 2.05) is 6.07 Å². The lowest BCUT2D eigenvalue weighted by molar-refractivity contribution is 0.00653. The minimum atomic E-state index is -0.346. The predicted octanol–water partition coefficient (Wildman–Crippen LogP) is 1.86. The molecule has 2 atom stereocenters. The van der Waals surface area contributed by atoms with Crippen molar-refractivity contribution in [3.63, 3.8) is 0 Å². The average Bonchev–Trinajstić information content (AvgIpc) is 3.05. The molecule has 0 aliphatic carbocycles. The first kappa shape index (κ1) is 14.3. The average molecular weight is 296 g/mol. The van der Waals surface area contributed by atoms with Crippen LogP contribution in [-0.2, 0) is 4.74 Å². The molecule has 0 radical (unpaired) electrons. The number of nitrogens with zero attached hydrogens (tertiary/aromatic N) is 3. The molecule has 0 amide bonds. The van der Waals surface area contributed by atoms with E-state index in [1.165, 1.54) is 0 Å². The molecular weight excluding hydrogens is 280 g/mol. The van der Waals surface area contributed by atoms with Crippen molar-refractivity contribution in [1.29, 1.82) is 5.26 Å². The molecule has 1 aromatic carbocycles. The summed E-state index contributed by atoms with van der Waals surface area (Å²) in [6, 6.07) is 11.1. The Balaban J connectivity index is 1.63. The maximum Gasteiger partial charge on any atom is 0.339 e. The van der Waals surface area contributed by atoms with Gasteiger partial charge in [-0.2, -0.15) is 10.4 Å². The molecule has 3 rings (SSSR count). The second-order valence-electron chi connectivity index (χ2n) is 5.21. The van der Waals surface area contributed by atoms with Crippen molar-refractivity contribution in [3.05, 3.63) is 53.9 Å².